The first kappa shape index (κ1) is 17.9. The van der Waals surface area contributed by atoms with Gasteiger partial charge in [-0.25, -0.2) is 8.78 Å². The Morgan fingerprint density at radius 2 is 2.24 bits per heavy atom. The molecular weight excluding hydrogens is 415 g/mol. The number of hydrogen-bond acceptors (Lipinski definition) is 2. The van der Waals surface area contributed by atoms with Crippen LogP contribution in [0, 0.1) is 9.49 Å². The van der Waals surface area contributed by atoms with E-state index in [9.17, 15) is 18.7 Å². The molecule has 1 aromatic rings. The quantitative estimate of drug-likeness (QED) is 0.507. The van der Waals surface area contributed by atoms with E-state index in [1.807, 2.05) is 22.6 Å². The third-order valence-corrected chi connectivity index (χ3v) is 4.02. The van der Waals surface area contributed by atoms with Crippen molar-refractivity contribution in [2.24, 2.45) is 5.92 Å². The molecule has 114 valence electrons. The van der Waals surface area contributed by atoms with Crippen LogP contribution in [0.1, 0.15) is 6.92 Å². The van der Waals surface area contributed by atoms with Gasteiger partial charge in [0.05, 0.1) is 10.7 Å². The summed E-state index contributed by atoms with van der Waals surface area (Å²) in [4.78, 5) is 11.3. The summed E-state index contributed by atoms with van der Waals surface area (Å²) in [6.07, 6.45) is 0.770. The number of benzene rings is 1. The van der Waals surface area contributed by atoms with Crippen LogP contribution in [0.3, 0.4) is 0 Å². The molecule has 0 fully saturated rings. The monoisotopic (exact) mass is 427 g/mol. The van der Waals surface area contributed by atoms with Crippen LogP contribution in [0.25, 0.3) is 0 Å². The molecule has 7 heteroatoms. The van der Waals surface area contributed by atoms with Gasteiger partial charge < -0.3 is 10.4 Å². The van der Waals surface area contributed by atoms with Crippen LogP contribution >= 0.6 is 34.2 Å². The van der Waals surface area contributed by atoms with Crippen molar-refractivity contribution in [3.05, 3.63) is 51.6 Å². The van der Waals surface area contributed by atoms with Crippen LogP contribution in [0.2, 0.25) is 5.02 Å². The molecule has 21 heavy (non-hydrogen) atoms. The highest BCUT2D eigenvalue weighted by molar-refractivity contribution is 14.1. The summed E-state index contributed by atoms with van der Waals surface area (Å²) in [5.41, 5.74) is -1.55. The fourth-order valence-electron chi connectivity index (χ4n) is 1.85. The first-order valence-electron chi connectivity index (χ1n) is 5.81. The number of rotatable bonds is 6. The van der Waals surface area contributed by atoms with Crippen LogP contribution in [0.4, 0.5) is 14.5 Å². The van der Waals surface area contributed by atoms with Gasteiger partial charge in [0.1, 0.15) is 17.8 Å². The Morgan fingerprint density at radius 1 is 1.62 bits per heavy atom. The third kappa shape index (κ3) is 3.94. The molecular formula is C14H13ClF2INO2. The van der Waals surface area contributed by atoms with E-state index in [1.165, 1.54) is 6.92 Å². The maximum Gasteiger partial charge on any atom is 0.313 e. The van der Waals surface area contributed by atoms with Crippen molar-refractivity contribution in [3.63, 3.8) is 0 Å². The van der Waals surface area contributed by atoms with Crippen LogP contribution in [-0.4, -0.2) is 16.6 Å². The van der Waals surface area contributed by atoms with Crippen molar-refractivity contribution in [1.29, 1.82) is 0 Å². The number of anilines is 1. The molecule has 3 nitrogen and oxygen atoms in total. The van der Waals surface area contributed by atoms with Crippen molar-refractivity contribution in [2.45, 2.75) is 12.5 Å². The lowest BCUT2D eigenvalue weighted by molar-refractivity contribution is -0.141. The topological polar surface area (TPSA) is 49.3 Å². The zero-order valence-electron chi connectivity index (χ0n) is 11.0. The Hall–Kier alpha value is -1.15. The Bertz CT molecular complexity index is 594. The van der Waals surface area contributed by atoms with Crippen LogP contribution in [0.15, 0.2) is 43.0 Å². The number of carboxylic acid groups (broad SMARTS) is 1. The van der Waals surface area contributed by atoms with Gasteiger partial charge >= 0.3 is 5.97 Å². The summed E-state index contributed by atoms with van der Waals surface area (Å²) < 4.78 is 27.5. The van der Waals surface area contributed by atoms with E-state index in [-0.39, 0.29) is 11.4 Å². The van der Waals surface area contributed by atoms with E-state index < -0.39 is 23.3 Å². The fourth-order valence-corrected chi connectivity index (χ4v) is 2.76. The smallest absolute Gasteiger partial charge is 0.313 e. The lowest BCUT2D eigenvalue weighted by Crippen LogP contribution is -2.46. The van der Waals surface area contributed by atoms with Gasteiger partial charge in [0, 0.05) is 3.57 Å². The summed E-state index contributed by atoms with van der Waals surface area (Å²) in [6, 6.07) is 4.89. The highest BCUT2D eigenvalue weighted by atomic mass is 127. The summed E-state index contributed by atoms with van der Waals surface area (Å²) in [7, 11) is 0. The molecule has 0 spiro atoms. The molecule has 2 N–H and O–H groups in total. The molecule has 0 saturated heterocycles. The van der Waals surface area contributed by atoms with Gasteiger partial charge in [-0.2, -0.15) is 0 Å². The van der Waals surface area contributed by atoms with E-state index in [0.29, 0.717) is 5.69 Å². The lowest BCUT2D eigenvalue weighted by Gasteiger charge is -2.34. The molecule has 0 heterocycles. The van der Waals surface area contributed by atoms with Gasteiger partial charge in [0.15, 0.2) is 5.83 Å². The normalized spacial score (nSPS) is 16.0. The Balaban J connectivity index is 3.32. The molecule has 2 unspecified atom stereocenters. The molecule has 1 aromatic carbocycles. The van der Waals surface area contributed by atoms with Crippen molar-refractivity contribution < 1.29 is 18.7 Å². The van der Waals surface area contributed by atoms with Crippen molar-refractivity contribution in [2.75, 3.05) is 5.32 Å². The van der Waals surface area contributed by atoms with Crippen molar-refractivity contribution in [1.82, 2.24) is 0 Å². The number of hydrogen-bond donors (Lipinski definition) is 2. The third-order valence-electron chi connectivity index (χ3n) is 3.04. The fraction of sp³-hybridized carbons (Fsp3) is 0.214. The van der Waals surface area contributed by atoms with E-state index in [1.54, 1.807) is 18.2 Å². The molecule has 0 aliphatic rings. The van der Waals surface area contributed by atoms with Crippen molar-refractivity contribution in [3.8, 4) is 0 Å². The SMILES string of the molecule is C=CC(C(=O)O)C(C)(Nc1ccc(I)cc1Cl)/C(F)=C/F. The minimum absolute atomic E-state index is 0.271. The second-order valence-corrected chi connectivity index (χ2v) is 6.11. The molecule has 2 atom stereocenters. The van der Waals surface area contributed by atoms with Gasteiger partial charge in [-0.1, -0.05) is 17.7 Å². The van der Waals surface area contributed by atoms with E-state index in [2.05, 4.69) is 11.9 Å². The van der Waals surface area contributed by atoms with E-state index >= 15 is 0 Å². The molecule has 1 rings (SSSR count). The predicted octanol–water partition coefficient (Wildman–Crippen LogP) is 4.78. The molecule has 0 aliphatic heterocycles. The average molecular weight is 428 g/mol. The Kier molecular flexibility index (Phi) is 6.15. The summed E-state index contributed by atoms with van der Waals surface area (Å²) in [6.45, 7) is 4.60. The largest absolute Gasteiger partial charge is 0.481 e. The zero-order chi connectivity index (χ0) is 16.2. The summed E-state index contributed by atoms with van der Waals surface area (Å²) in [5.74, 6) is -3.98. The second kappa shape index (κ2) is 7.22. The summed E-state index contributed by atoms with van der Waals surface area (Å²) in [5, 5.41) is 12.1. The molecule has 0 saturated carbocycles. The highest BCUT2D eigenvalue weighted by Crippen LogP contribution is 2.35. The van der Waals surface area contributed by atoms with E-state index in [4.69, 9.17) is 11.6 Å². The maximum atomic E-state index is 13.9. The van der Waals surface area contributed by atoms with Crippen LogP contribution in [0.5, 0.6) is 0 Å². The van der Waals surface area contributed by atoms with Gasteiger partial charge in [0.2, 0.25) is 0 Å². The Morgan fingerprint density at radius 3 is 2.67 bits per heavy atom. The molecule has 0 aromatic heterocycles. The summed E-state index contributed by atoms with van der Waals surface area (Å²) >= 11 is 8.08. The first-order valence-corrected chi connectivity index (χ1v) is 7.27. The number of halogens is 4. The standard InChI is InChI=1S/C14H13ClF2INO2/c1-3-9(13(20)21)14(2,12(17)7-16)19-11-5-4-8(18)6-10(11)15/h3-7,9,19H,1H2,2H3,(H,20,21)/b12-7-. The van der Waals surface area contributed by atoms with Crippen LogP contribution < -0.4 is 5.32 Å². The number of aliphatic carboxylic acids is 1. The molecule has 0 aliphatic carbocycles. The molecule has 0 bridgehead atoms. The number of carboxylic acids is 1. The molecule has 0 amide bonds. The second-order valence-electron chi connectivity index (χ2n) is 4.46. The predicted molar refractivity (Wildman–Crippen MR) is 87.8 cm³/mol. The maximum absolute atomic E-state index is 13.9. The van der Waals surface area contributed by atoms with Crippen LogP contribution in [-0.2, 0) is 4.79 Å². The van der Waals surface area contributed by atoms with Gasteiger partial charge in [-0.05, 0) is 47.7 Å². The molecule has 0 radical (unpaired) electrons. The zero-order valence-corrected chi connectivity index (χ0v) is 14.0. The minimum Gasteiger partial charge on any atom is -0.481 e. The van der Waals surface area contributed by atoms with Gasteiger partial charge in [-0.3, -0.25) is 4.79 Å². The lowest BCUT2D eigenvalue weighted by atomic mass is 9.84. The van der Waals surface area contributed by atoms with E-state index in [0.717, 1.165) is 9.65 Å². The highest BCUT2D eigenvalue weighted by Gasteiger charge is 2.42. The van der Waals surface area contributed by atoms with Gasteiger partial charge in [0.25, 0.3) is 0 Å². The average Bonchev–Trinajstić information content (AvgIpc) is 2.41. The van der Waals surface area contributed by atoms with Crippen molar-refractivity contribution >= 4 is 45.8 Å². The number of nitrogens with one attached hydrogen (secondary N) is 1. The van der Waals surface area contributed by atoms with Gasteiger partial charge in [-0.15, -0.1) is 6.58 Å². The minimum atomic E-state index is -1.85. The first-order chi connectivity index (χ1) is 9.76. The Labute approximate surface area is 139 Å². The number of carbonyl (C=O) groups is 1.